The first-order valence-electron chi connectivity index (χ1n) is 4.64. The van der Waals surface area contributed by atoms with Crippen molar-refractivity contribution >= 4 is 24.3 Å². The number of rotatable bonds is 2. The van der Waals surface area contributed by atoms with Crippen molar-refractivity contribution in [1.29, 1.82) is 5.26 Å². The maximum absolute atomic E-state index is 8.84. The van der Waals surface area contributed by atoms with E-state index in [1.807, 2.05) is 6.26 Å². The van der Waals surface area contributed by atoms with E-state index in [2.05, 4.69) is 28.9 Å². The monoisotopic (exact) mass is 202 g/mol. The first-order chi connectivity index (χ1) is 6.83. The summed E-state index contributed by atoms with van der Waals surface area (Å²) in [6, 6.07) is 6.36. The molecule has 0 saturated heterocycles. The number of benzene rings is 1. The molecule has 70 valence electrons. The Morgan fingerprint density at radius 1 is 1.43 bits per heavy atom. The van der Waals surface area contributed by atoms with Gasteiger partial charge in [-0.2, -0.15) is 0 Å². The van der Waals surface area contributed by atoms with Crippen LogP contribution in [0, 0.1) is 11.2 Å². The molecular weight excluding hydrogens is 191 g/mol. The van der Waals surface area contributed by atoms with Gasteiger partial charge in [0.05, 0.1) is 0 Å². The van der Waals surface area contributed by atoms with Crippen molar-refractivity contribution in [3.63, 3.8) is 0 Å². The summed E-state index contributed by atoms with van der Waals surface area (Å²) < 4.78 is 3.20. The summed E-state index contributed by atoms with van der Waals surface area (Å²) in [7, 11) is 0. The maximum Gasteiger partial charge on any atom is 0.276 e. The lowest BCUT2D eigenvalue weighted by Crippen LogP contribution is -2.09. The van der Waals surface area contributed by atoms with E-state index >= 15 is 0 Å². The second-order valence-electron chi connectivity index (χ2n) is 3.52. The predicted octanol–water partition coefficient (Wildman–Crippen LogP) is 2.11. The highest BCUT2D eigenvalue weighted by Gasteiger charge is 2.24. The Labute approximate surface area is 88.9 Å². The fourth-order valence-corrected chi connectivity index (χ4v) is 2.25. The quantitative estimate of drug-likeness (QED) is 0.589. The molecule has 14 heavy (non-hydrogen) atoms. The second kappa shape index (κ2) is 3.97. The zero-order valence-electron chi connectivity index (χ0n) is 8.08. The molecule has 0 unspecified atom stereocenters. The van der Waals surface area contributed by atoms with Gasteiger partial charge < -0.3 is 4.72 Å². The van der Waals surface area contributed by atoms with Gasteiger partial charge in [-0.15, -0.1) is 0 Å². The van der Waals surface area contributed by atoms with Crippen molar-refractivity contribution in [2.45, 2.75) is 12.6 Å². The van der Waals surface area contributed by atoms with Crippen LogP contribution < -0.4 is 4.72 Å². The topological polar surface area (TPSA) is 35.8 Å². The van der Waals surface area contributed by atoms with Crippen LogP contribution in [0.3, 0.4) is 0 Å². The lowest BCUT2D eigenvalue weighted by Gasteiger charge is -2.04. The fourth-order valence-electron chi connectivity index (χ4n) is 1.89. The number of hydrogen-bond acceptors (Lipinski definition) is 3. The highest BCUT2D eigenvalue weighted by Crippen LogP contribution is 2.25. The van der Waals surface area contributed by atoms with Crippen LogP contribution in [0.1, 0.15) is 11.1 Å². The van der Waals surface area contributed by atoms with Gasteiger partial charge in [-0.1, -0.05) is 23.6 Å². The molecule has 1 aliphatic rings. The molecule has 0 fully saturated rings. The molecule has 1 aromatic carbocycles. The number of nitriles is 1. The lowest BCUT2D eigenvalue weighted by atomic mass is 9.49. The third-order valence-corrected chi connectivity index (χ3v) is 2.98. The van der Waals surface area contributed by atoms with Gasteiger partial charge in [0.1, 0.15) is 0 Å². The van der Waals surface area contributed by atoms with Crippen LogP contribution in [0.5, 0.6) is 0 Å². The molecule has 2 rings (SSSR count). The van der Waals surface area contributed by atoms with Crippen LogP contribution in [0.15, 0.2) is 18.2 Å². The molecule has 0 atom stereocenters. The summed E-state index contributed by atoms with van der Waals surface area (Å²) in [5, 5.41) is 8.84. The maximum atomic E-state index is 8.84. The molecule has 0 amide bonds. The zero-order chi connectivity index (χ0) is 9.97. The molecule has 1 N–H and O–H groups in total. The van der Waals surface area contributed by atoms with E-state index in [0.29, 0.717) is 0 Å². The first kappa shape index (κ1) is 9.48. The predicted molar refractivity (Wildman–Crippen MR) is 62.4 cm³/mol. The summed E-state index contributed by atoms with van der Waals surface area (Å²) >= 11 is 1.59. The number of hydrogen-bond donors (Lipinski definition) is 1. The van der Waals surface area contributed by atoms with Gasteiger partial charge in [0.2, 0.25) is 0 Å². The van der Waals surface area contributed by atoms with E-state index in [4.69, 9.17) is 5.26 Å². The number of fused-ring (bicyclic) bond motifs is 1. The Hall–Kier alpha value is -1.08. The molecule has 2 nitrogen and oxygen atoms in total. The minimum absolute atomic E-state index is 0.189. The van der Waals surface area contributed by atoms with Crippen molar-refractivity contribution in [2.24, 2.45) is 0 Å². The van der Waals surface area contributed by atoms with E-state index in [9.17, 15) is 0 Å². The van der Waals surface area contributed by atoms with Crippen LogP contribution in [0.4, 0.5) is 5.69 Å². The van der Waals surface area contributed by atoms with Gasteiger partial charge in [0.25, 0.3) is 6.71 Å². The average Bonchev–Trinajstić information content (AvgIpc) is 2.60. The highest BCUT2D eigenvalue weighted by atomic mass is 32.2. The summed E-state index contributed by atoms with van der Waals surface area (Å²) in [6.07, 6.45) is 3.84. The summed E-state index contributed by atoms with van der Waals surface area (Å²) in [5.41, 5.74) is 3.80. The van der Waals surface area contributed by atoms with Crippen LogP contribution in [0.25, 0.3) is 0 Å². The van der Waals surface area contributed by atoms with E-state index < -0.39 is 0 Å². The number of nitrogens with one attached hydrogen (secondary N) is 1. The van der Waals surface area contributed by atoms with Crippen LogP contribution in [0.2, 0.25) is 0 Å². The van der Waals surface area contributed by atoms with Gasteiger partial charge in [0.15, 0.2) is 0 Å². The molecule has 4 heteroatoms. The SMILES string of the molecule is CSNc1ccc2c(c1)CB(C#N)C2. The minimum atomic E-state index is 0.189. The first-order valence-corrected chi connectivity index (χ1v) is 5.86. The van der Waals surface area contributed by atoms with Crippen molar-refractivity contribution < 1.29 is 0 Å². The van der Waals surface area contributed by atoms with Gasteiger partial charge in [-0.3, -0.25) is 0 Å². The molecule has 0 spiro atoms. The third kappa shape index (κ3) is 1.73. The fraction of sp³-hybridized carbons (Fsp3) is 0.300. The normalized spacial score (nSPS) is 13.6. The Kier molecular flexibility index (Phi) is 2.69. The summed E-state index contributed by atoms with van der Waals surface area (Å²) in [5.74, 6) is 2.34. The number of anilines is 1. The van der Waals surface area contributed by atoms with Crippen LogP contribution in [-0.2, 0) is 12.6 Å². The molecule has 0 aliphatic carbocycles. The van der Waals surface area contributed by atoms with Gasteiger partial charge in [-0.25, -0.2) is 5.26 Å². The molecule has 0 saturated carbocycles. The summed E-state index contributed by atoms with van der Waals surface area (Å²) in [4.78, 5) is 0. The highest BCUT2D eigenvalue weighted by molar-refractivity contribution is 7.99. The van der Waals surface area contributed by atoms with E-state index in [0.717, 1.165) is 18.3 Å². The third-order valence-electron chi connectivity index (χ3n) is 2.54. The Morgan fingerprint density at radius 3 is 2.93 bits per heavy atom. The van der Waals surface area contributed by atoms with Gasteiger partial charge in [0, 0.05) is 17.9 Å². The molecule has 1 aliphatic heterocycles. The smallest absolute Gasteiger partial charge is 0.276 e. The average molecular weight is 202 g/mol. The van der Waals surface area contributed by atoms with Crippen molar-refractivity contribution in [2.75, 3.05) is 11.0 Å². The van der Waals surface area contributed by atoms with Crippen molar-refractivity contribution in [3.8, 4) is 5.97 Å². The second-order valence-corrected chi connectivity index (χ2v) is 4.14. The largest absolute Gasteiger partial charge is 0.330 e. The molecule has 1 heterocycles. The number of nitrogens with zero attached hydrogens (tertiary/aromatic N) is 1. The molecule has 0 bridgehead atoms. The van der Waals surface area contributed by atoms with E-state index in [1.165, 1.54) is 11.1 Å². The molecule has 0 aromatic heterocycles. The van der Waals surface area contributed by atoms with Crippen LogP contribution in [-0.4, -0.2) is 13.0 Å². The zero-order valence-corrected chi connectivity index (χ0v) is 8.90. The minimum Gasteiger partial charge on any atom is -0.330 e. The van der Waals surface area contributed by atoms with Crippen molar-refractivity contribution in [3.05, 3.63) is 29.3 Å². The Balaban J connectivity index is 2.23. The molecular formula is C10H11BN2S. The lowest BCUT2D eigenvalue weighted by molar-refractivity contribution is 1.35. The standard InChI is InChI=1S/C10H11BN2S/c1-14-13-10-3-2-8-5-11(7-12)6-9(8)4-10/h2-4,13H,5-6H2,1H3. The Bertz CT molecular complexity index is 386. The van der Waals surface area contributed by atoms with Gasteiger partial charge in [-0.05, 0) is 30.3 Å². The van der Waals surface area contributed by atoms with E-state index in [-0.39, 0.29) is 6.71 Å². The Morgan fingerprint density at radius 2 is 2.21 bits per heavy atom. The molecule has 1 aromatic rings. The van der Waals surface area contributed by atoms with Crippen molar-refractivity contribution in [1.82, 2.24) is 0 Å². The van der Waals surface area contributed by atoms with E-state index in [1.54, 1.807) is 11.9 Å². The summed E-state index contributed by atoms with van der Waals surface area (Å²) in [6.45, 7) is 0.189. The van der Waals surface area contributed by atoms with Gasteiger partial charge >= 0.3 is 0 Å². The molecule has 0 radical (unpaired) electrons. The van der Waals surface area contributed by atoms with Crippen LogP contribution >= 0.6 is 11.9 Å².